The number of aromatic hydroxyl groups is 3. The van der Waals surface area contributed by atoms with E-state index in [0.717, 1.165) is 10.8 Å². The molecule has 9 heteroatoms. The molecule has 28 heavy (non-hydrogen) atoms. The van der Waals surface area contributed by atoms with Crippen molar-refractivity contribution >= 4 is 59.9 Å². The van der Waals surface area contributed by atoms with Crippen molar-refractivity contribution in [2.45, 2.75) is 6.42 Å². The summed E-state index contributed by atoms with van der Waals surface area (Å²) in [6, 6.07) is 13.0. The number of rotatable bonds is 4. The molecule has 3 aromatic carbocycles. The summed E-state index contributed by atoms with van der Waals surface area (Å²) >= 11 is 6.10. The van der Waals surface area contributed by atoms with Gasteiger partial charge in [-0.05, 0) is 43.3 Å². The molecule has 3 rings (SSSR count). The quantitative estimate of drug-likeness (QED) is 0.158. The number of halogens is 2. The lowest BCUT2D eigenvalue weighted by atomic mass is 10.0. The summed E-state index contributed by atoms with van der Waals surface area (Å²) in [7, 11) is 0. The standard InChI is InChI=1S/C19H15Br2N3O4/c20-14-16(25)11(17(26)15(21)18(14)27)8-13(19(28)24-22)23-12-7-3-5-9-4-1-2-6-10(9)12/h1-7,25-27H,8,22H2,(H,24,28). The molecule has 0 bridgehead atoms. The Morgan fingerprint density at radius 2 is 1.57 bits per heavy atom. The molecule has 0 unspecified atom stereocenters. The van der Waals surface area contributed by atoms with E-state index in [-0.39, 0.29) is 32.4 Å². The molecular formula is C19H15Br2N3O4. The molecule has 0 fully saturated rings. The number of hydrogen-bond acceptors (Lipinski definition) is 6. The first kappa shape index (κ1) is 20.1. The third-order valence-electron chi connectivity index (χ3n) is 4.16. The smallest absolute Gasteiger partial charge is 0.279 e. The van der Waals surface area contributed by atoms with Gasteiger partial charge in [-0.2, -0.15) is 0 Å². The highest BCUT2D eigenvalue weighted by Gasteiger charge is 2.24. The normalized spacial score (nSPS) is 11.6. The van der Waals surface area contributed by atoms with E-state index in [1.54, 1.807) is 6.07 Å². The second-order valence-corrected chi connectivity index (χ2v) is 7.45. The van der Waals surface area contributed by atoms with E-state index in [2.05, 4.69) is 36.9 Å². The number of amides is 1. The van der Waals surface area contributed by atoms with Crippen LogP contribution in [0.5, 0.6) is 17.2 Å². The van der Waals surface area contributed by atoms with Gasteiger partial charge in [-0.3, -0.25) is 10.2 Å². The first-order chi connectivity index (χ1) is 13.3. The Morgan fingerprint density at radius 3 is 2.21 bits per heavy atom. The highest BCUT2D eigenvalue weighted by molar-refractivity contribution is 9.11. The fourth-order valence-electron chi connectivity index (χ4n) is 2.74. The van der Waals surface area contributed by atoms with Crippen LogP contribution in [0.3, 0.4) is 0 Å². The molecule has 0 aliphatic rings. The van der Waals surface area contributed by atoms with Gasteiger partial charge in [0.05, 0.1) is 5.69 Å². The maximum Gasteiger partial charge on any atom is 0.279 e. The molecule has 0 spiro atoms. The van der Waals surface area contributed by atoms with Crippen molar-refractivity contribution in [1.82, 2.24) is 5.43 Å². The fraction of sp³-hybridized carbons (Fsp3) is 0.0526. The molecule has 3 aromatic rings. The van der Waals surface area contributed by atoms with Crippen molar-refractivity contribution in [2.75, 3.05) is 0 Å². The monoisotopic (exact) mass is 507 g/mol. The molecule has 0 heterocycles. The highest BCUT2D eigenvalue weighted by atomic mass is 79.9. The van der Waals surface area contributed by atoms with Gasteiger partial charge < -0.3 is 15.3 Å². The van der Waals surface area contributed by atoms with Crippen molar-refractivity contribution in [3.05, 3.63) is 57.0 Å². The summed E-state index contributed by atoms with van der Waals surface area (Å²) < 4.78 is -0.0466. The van der Waals surface area contributed by atoms with Gasteiger partial charge in [-0.15, -0.1) is 0 Å². The van der Waals surface area contributed by atoms with Gasteiger partial charge in [0.2, 0.25) is 0 Å². The molecule has 144 valence electrons. The van der Waals surface area contributed by atoms with Crippen LogP contribution in [0.25, 0.3) is 10.8 Å². The second-order valence-electron chi connectivity index (χ2n) is 5.86. The van der Waals surface area contributed by atoms with Crippen molar-refractivity contribution < 1.29 is 20.1 Å². The lowest BCUT2D eigenvalue weighted by Crippen LogP contribution is -2.37. The molecule has 0 aliphatic carbocycles. The summed E-state index contributed by atoms with van der Waals surface area (Å²) in [5.74, 6) is 3.43. The number of aliphatic imine (C=N–C) groups is 1. The minimum Gasteiger partial charge on any atom is -0.506 e. The molecule has 6 N–H and O–H groups in total. The zero-order valence-electron chi connectivity index (χ0n) is 14.3. The lowest BCUT2D eigenvalue weighted by molar-refractivity contribution is -0.114. The molecule has 0 aliphatic heterocycles. The van der Waals surface area contributed by atoms with Crippen LogP contribution in [0.1, 0.15) is 5.56 Å². The second kappa shape index (κ2) is 8.17. The van der Waals surface area contributed by atoms with Gasteiger partial charge in [0, 0.05) is 17.4 Å². The van der Waals surface area contributed by atoms with Crippen LogP contribution < -0.4 is 11.3 Å². The van der Waals surface area contributed by atoms with Crippen LogP contribution in [-0.4, -0.2) is 26.9 Å². The van der Waals surface area contributed by atoms with E-state index >= 15 is 0 Å². The number of carbonyl (C=O) groups is 1. The van der Waals surface area contributed by atoms with E-state index in [9.17, 15) is 20.1 Å². The predicted octanol–water partition coefficient (Wildman–Crippen LogP) is 3.79. The van der Waals surface area contributed by atoms with E-state index in [1.165, 1.54) is 0 Å². The molecule has 0 radical (unpaired) electrons. The predicted molar refractivity (Wildman–Crippen MR) is 114 cm³/mol. The Balaban J connectivity index is 2.15. The third kappa shape index (κ3) is 3.68. The van der Waals surface area contributed by atoms with Crippen LogP contribution in [-0.2, 0) is 11.2 Å². The maximum absolute atomic E-state index is 12.3. The lowest BCUT2D eigenvalue weighted by Gasteiger charge is -2.14. The Labute approximate surface area is 176 Å². The van der Waals surface area contributed by atoms with Crippen molar-refractivity contribution in [2.24, 2.45) is 10.8 Å². The summed E-state index contributed by atoms with van der Waals surface area (Å²) in [4.78, 5) is 16.7. The van der Waals surface area contributed by atoms with E-state index < -0.39 is 17.4 Å². The molecular weight excluding hydrogens is 494 g/mol. The van der Waals surface area contributed by atoms with Gasteiger partial charge in [-0.1, -0.05) is 36.4 Å². The maximum atomic E-state index is 12.3. The number of phenols is 3. The number of carbonyl (C=O) groups excluding carboxylic acids is 1. The molecule has 1 amide bonds. The topological polar surface area (TPSA) is 128 Å². The number of benzene rings is 3. The summed E-state index contributed by atoms with van der Waals surface area (Å²) in [5.41, 5.74) is 2.53. The Morgan fingerprint density at radius 1 is 0.964 bits per heavy atom. The molecule has 0 atom stereocenters. The molecule has 7 nitrogen and oxygen atoms in total. The number of hydrazine groups is 1. The minimum atomic E-state index is -0.674. The molecule has 0 aromatic heterocycles. The van der Waals surface area contributed by atoms with Gasteiger partial charge in [0.15, 0.2) is 5.75 Å². The zero-order chi connectivity index (χ0) is 20.4. The van der Waals surface area contributed by atoms with E-state index in [4.69, 9.17) is 5.84 Å². The zero-order valence-corrected chi connectivity index (χ0v) is 17.5. The first-order valence-corrected chi connectivity index (χ1v) is 9.60. The van der Waals surface area contributed by atoms with E-state index in [1.807, 2.05) is 41.8 Å². The van der Waals surface area contributed by atoms with Crippen molar-refractivity contribution in [1.29, 1.82) is 0 Å². The van der Waals surface area contributed by atoms with Crippen LogP contribution >= 0.6 is 31.9 Å². The number of nitrogens with two attached hydrogens (primary N) is 1. The number of phenolic OH excluding ortho intramolecular Hbond substituents is 3. The van der Waals surface area contributed by atoms with Gasteiger partial charge in [-0.25, -0.2) is 10.8 Å². The third-order valence-corrected chi connectivity index (χ3v) is 5.67. The van der Waals surface area contributed by atoms with E-state index in [0.29, 0.717) is 5.69 Å². The van der Waals surface area contributed by atoms with Crippen LogP contribution in [0.4, 0.5) is 5.69 Å². The molecule has 0 saturated carbocycles. The van der Waals surface area contributed by atoms with Crippen LogP contribution in [0.15, 0.2) is 56.4 Å². The van der Waals surface area contributed by atoms with Crippen LogP contribution in [0.2, 0.25) is 0 Å². The number of nitrogens with one attached hydrogen (secondary N) is 1. The first-order valence-electron chi connectivity index (χ1n) is 8.02. The van der Waals surface area contributed by atoms with Crippen molar-refractivity contribution in [3.8, 4) is 17.2 Å². The molecule has 0 saturated heterocycles. The largest absolute Gasteiger partial charge is 0.506 e. The summed E-state index contributed by atoms with van der Waals surface area (Å²) in [6.07, 6.45) is -0.235. The Hall–Kier alpha value is -2.62. The Bertz CT molecular complexity index is 1080. The van der Waals surface area contributed by atoms with Gasteiger partial charge in [0.25, 0.3) is 5.91 Å². The van der Waals surface area contributed by atoms with Gasteiger partial charge in [0.1, 0.15) is 26.2 Å². The van der Waals surface area contributed by atoms with Crippen LogP contribution in [0, 0.1) is 0 Å². The van der Waals surface area contributed by atoms with Gasteiger partial charge >= 0.3 is 0 Å². The minimum absolute atomic E-state index is 0.000799. The average molecular weight is 509 g/mol. The summed E-state index contributed by atoms with van der Waals surface area (Å²) in [6.45, 7) is 0. The summed E-state index contributed by atoms with van der Waals surface area (Å²) in [5, 5.41) is 32.3. The number of hydrogen-bond donors (Lipinski definition) is 5. The number of nitrogens with zero attached hydrogens (tertiary/aromatic N) is 1. The van der Waals surface area contributed by atoms with Crippen molar-refractivity contribution in [3.63, 3.8) is 0 Å². The fourth-order valence-corrected chi connectivity index (χ4v) is 3.88. The SMILES string of the molecule is NNC(=O)C(Cc1c(O)c(Br)c(O)c(Br)c1O)=Nc1cccc2ccccc12. The Kier molecular flexibility index (Phi) is 5.87. The number of fused-ring (bicyclic) bond motifs is 1. The average Bonchev–Trinajstić information content (AvgIpc) is 2.72. The highest BCUT2D eigenvalue weighted by Crippen LogP contribution is 2.48.